The lowest BCUT2D eigenvalue weighted by Crippen LogP contribution is -2.47. The Morgan fingerprint density at radius 2 is 1.80 bits per heavy atom. The molecule has 7 nitrogen and oxygen atoms in total. The molecule has 0 fully saturated rings. The number of rotatable bonds is 6. The van der Waals surface area contributed by atoms with Crippen LogP contribution in [0.2, 0.25) is 0 Å². The van der Waals surface area contributed by atoms with Crippen molar-refractivity contribution in [1.29, 1.82) is 0 Å². The van der Waals surface area contributed by atoms with Gasteiger partial charge in [0.15, 0.2) is 0 Å². The van der Waals surface area contributed by atoms with Crippen molar-refractivity contribution in [2.24, 2.45) is 0 Å². The maximum Gasteiger partial charge on any atom is 0.326 e. The average molecular weight is 280 g/mol. The van der Waals surface area contributed by atoms with Gasteiger partial charge in [-0.25, -0.2) is 9.59 Å². The van der Waals surface area contributed by atoms with Gasteiger partial charge in [0.1, 0.15) is 6.04 Å². The molecule has 0 aliphatic carbocycles. The number of amides is 2. The number of carboxylic acids is 2. The standard InChI is InChI=1S/C13H16N2O5/c1-15(8-9-5-3-2-4-6-9)13(20)14-10(12(18)19)7-11(16)17/h2-6,10H,7-8H2,1H3,(H,14,20)(H,16,17)(H,18,19). The van der Waals surface area contributed by atoms with Gasteiger partial charge in [0, 0.05) is 13.6 Å². The maximum atomic E-state index is 11.8. The van der Waals surface area contributed by atoms with Crippen molar-refractivity contribution in [3.63, 3.8) is 0 Å². The van der Waals surface area contributed by atoms with Crippen molar-refractivity contribution in [2.45, 2.75) is 19.0 Å². The number of hydrogen-bond acceptors (Lipinski definition) is 3. The highest BCUT2D eigenvalue weighted by Gasteiger charge is 2.24. The summed E-state index contributed by atoms with van der Waals surface area (Å²) in [4.78, 5) is 34.5. The third kappa shape index (κ3) is 4.97. The minimum absolute atomic E-state index is 0.298. The summed E-state index contributed by atoms with van der Waals surface area (Å²) in [5.74, 6) is -2.67. The minimum Gasteiger partial charge on any atom is -0.481 e. The van der Waals surface area contributed by atoms with Gasteiger partial charge in [-0.2, -0.15) is 0 Å². The van der Waals surface area contributed by atoms with E-state index in [0.29, 0.717) is 6.54 Å². The van der Waals surface area contributed by atoms with Crippen LogP contribution in [0.5, 0.6) is 0 Å². The van der Waals surface area contributed by atoms with Gasteiger partial charge in [-0.15, -0.1) is 0 Å². The Labute approximate surface area is 115 Å². The van der Waals surface area contributed by atoms with Crippen LogP contribution in [0.25, 0.3) is 0 Å². The molecule has 0 spiro atoms. The van der Waals surface area contributed by atoms with E-state index >= 15 is 0 Å². The van der Waals surface area contributed by atoms with Gasteiger partial charge in [0.2, 0.25) is 0 Å². The Morgan fingerprint density at radius 1 is 1.20 bits per heavy atom. The second kappa shape index (κ2) is 7.13. The van der Waals surface area contributed by atoms with E-state index in [2.05, 4.69) is 5.32 Å². The molecular formula is C13H16N2O5. The molecule has 1 rings (SSSR count). The maximum absolute atomic E-state index is 11.8. The van der Waals surface area contributed by atoms with Crippen LogP contribution in [-0.4, -0.2) is 46.2 Å². The first-order chi connectivity index (χ1) is 9.40. The molecule has 0 radical (unpaired) electrons. The number of carboxylic acid groups (broad SMARTS) is 2. The van der Waals surface area contributed by atoms with Crippen LogP contribution in [0.4, 0.5) is 4.79 Å². The normalized spacial score (nSPS) is 11.4. The van der Waals surface area contributed by atoms with E-state index in [-0.39, 0.29) is 0 Å². The van der Waals surface area contributed by atoms with Gasteiger partial charge in [-0.1, -0.05) is 30.3 Å². The topological polar surface area (TPSA) is 107 Å². The molecule has 1 aromatic carbocycles. The van der Waals surface area contributed by atoms with E-state index < -0.39 is 30.4 Å². The van der Waals surface area contributed by atoms with Crippen LogP contribution in [0.1, 0.15) is 12.0 Å². The monoisotopic (exact) mass is 280 g/mol. The lowest BCUT2D eigenvalue weighted by atomic mass is 10.2. The summed E-state index contributed by atoms with van der Waals surface area (Å²) < 4.78 is 0. The first kappa shape index (κ1) is 15.5. The van der Waals surface area contributed by atoms with Crippen LogP contribution in [0, 0.1) is 0 Å². The predicted octanol–water partition coefficient (Wildman–Crippen LogP) is 0.756. The van der Waals surface area contributed by atoms with Gasteiger partial charge >= 0.3 is 18.0 Å². The SMILES string of the molecule is CN(Cc1ccccc1)C(=O)NC(CC(=O)O)C(=O)O. The van der Waals surface area contributed by atoms with E-state index in [9.17, 15) is 14.4 Å². The van der Waals surface area contributed by atoms with Crippen LogP contribution < -0.4 is 5.32 Å². The molecule has 7 heteroatoms. The van der Waals surface area contributed by atoms with Crippen LogP contribution >= 0.6 is 0 Å². The fourth-order valence-electron chi connectivity index (χ4n) is 1.56. The number of benzene rings is 1. The highest BCUT2D eigenvalue weighted by molar-refractivity contribution is 5.86. The van der Waals surface area contributed by atoms with Crippen molar-refractivity contribution in [1.82, 2.24) is 10.2 Å². The van der Waals surface area contributed by atoms with E-state index in [0.717, 1.165) is 5.56 Å². The highest BCUT2D eigenvalue weighted by atomic mass is 16.4. The van der Waals surface area contributed by atoms with E-state index in [1.165, 1.54) is 11.9 Å². The molecule has 1 aromatic rings. The Bertz CT molecular complexity index is 489. The van der Waals surface area contributed by atoms with E-state index in [1.807, 2.05) is 30.3 Å². The van der Waals surface area contributed by atoms with Gasteiger partial charge in [-0.3, -0.25) is 4.79 Å². The summed E-state index contributed by atoms with van der Waals surface area (Å²) in [5.41, 5.74) is 0.884. The van der Waals surface area contributed by atoms with E-state index in [4.69, 9.17) is 10.2 Å². The Hall–Kier alpha value is -2.57. The number of hydrogen-bond donors (Lipinski definition) is 3. The third-order valence-electron chi connectivity index (χ3n) is 2.58. The number of carbonyl (C=O) groups excluding carboxylic acids is 1. The molecule has 0 aliphatic heterocycles. The average Bonchev–Trinajstić information content (AvgIpc) is 2.38. The number of aliphatic carboxylic acids is 2. The third-order valence-corrected chi connectivity index (χ3v) is 2.58. The molecule has 0 saturated carbocycles. The lowest BCUT2D eigenvalue weighted by molar-refractivity contribution is -0.145. The fourth-order valence-corrected chi connectivity index (χ4v) is 1.56. The summed E-state index contributed by atoms with van der Waals surface area (Å²) in [7, 11) is 1.50. The highest BCUT2D eigenvalue weighted by Crippen LogP contribution is 2.03. The van der Waals surface area contributed by atoms with Crippen LogP contribution in [0.3, 0.4) is 0 Å². The van der Waals surface area contributed by atoms with Crippen LogP contribution in [-0.2, 0) is 16.1 Å². The van der Waals surface area contributed by atoms with Crippen molar-refractivity contribution >= 4 is 18.0 Å². The molecule has 0 aromatic heterocycles. The predicted molar refractivity (Wildman–Crippen MR) is 70.1 cm³/mol. The van der Waals surface area contributed by atoms with Gasteiger partial charge in [0.05, 0.1) is 6.42 Å². The summed E-state index contributed by atoms with van der Waals surface area (Å²) >= 11 is 0. The first-order valence-electron chi connectivity index (χ1n) is 5.90. The summed E-state index contributed by atoms with van der Waals surface area (Å²) in [5, 5.41) is 19.6. The van der Waals surface area contributed by atoms with Gasteiger partial charge in [0.25, 0.3) is 0 Å². The van der Waals surface area contributed by atoms with Gasteiger partial charge in [-0.05, 0) is 5.56 Å². The Morgan fingerprint density at radius 3 is 2.30 bits per heavy atom. The molecule has 0 heterocycles. The largest absolute Gasteiger partial charge is 0.481 e. The summed E-state index contributed by atoms with van der Waals surface area (Å²) in [6, 6.07) is 7.07. The zero-order valence-corrected chi connectivity index (χ0v) is 10.9. The molecule has 2 amide bonds. The van der Waals surface area contributed by atoms with Crippen molar-refractivity contribution in [3.8, 4) is 0 Å². The molecule has 20 heavy (non-hydrogen) atoms. The minimum atomic E-state index is -1.45. The molecule has 0 saturated heterocycles. The summed E-state index contributed by atoms with van der Waals surface area (Å²) in [6.45, 7) is 0.298. The smallest absolute Gasteiger partial charge is 0.326 e. The number of nitrogens with one attached hydrogen (secondary N) is 1. The van der Waals surface area contributed by atoms with E-state index in [1.54, 1.807) is 0 Å². The lowest BCUT2D eigenvalue weighted by Gasteiger charge is -2.20. The fraction of sp³-hybridized carbons (Fsp3) is 0.308. The number of carbonyl (C=O) groups is 3. The van der Waals surface area contributed by atoms with Crippen LogP contribution in [0.15, 0.2) is 30.3 Å². The second-order valence-corrected chi connectivity index (χ2v) is 4.28. The molecule has 1 atom stereocenters. The van der Waals surface area contributed by atoms with Gasteiger partial charge < -0.3 is 20.4 Å². The first-order valence-corrected chi connectivity index (χ1v) is 5.90. The summed E-state index contributed by atoms with van der Waals surface area (Å²) in [6.07, 6.45) is -0.666. The second-order valence-electron chi connectivity index (χ2n) is 4.28. The van der Waals surface area contributed by atoms with Crippen molar-refractivity contribution < 1.29 is 24.6 Å². The molecule has 108 valence electrons. The molecule has 0 aliphatic rings. The molecular weight excluding hydrogens is 264 g/mol. The molecule has 1 unspecified atom stereocenters. The van der Waals surface area contributed by atoms with Crippen molar-refractivity contribution in [3.05, 3.63) is 35.9 Å². The Kier molecular flexibility index (Phi) is 5.52. The molecule has 3 N–H and O–H groups in total. The molecule has 0 bridgehead atoms. The zero-order chi connectivity index (χ0) is 15.1. The Balaban J connectivity index is 2.59. The van der Waals surface area contributed by atoms with Crippen molar-refractivity contribution in [2.75, 3.05) is 7.05 Å². The number of nitrogens with zero attached hydrogens (tertiary/aromatic N) is 1. The number of urea groups is 1. The zero-order valence-electron chi connectivity index (χ0n) is 10.9. The quantitative estimate of drug-likeness (QED) is 0.713.